The molecule has 3 rings (SSSR count). The Morgan fingerprint density at radius 3 is 2.59 bits per heavy atom. The highest BCUT2D eigenvalue weighted by Crippen LogP contribution is 2.21. The van der Waals surface area contributed by atoms with Gasteiger partial charge < -0.3 is 14.6 Å². The lowest BCUT2D eigenvalue weighted by atomic mass is 10.1. The van der Waals surface area contributed by atoms with Crippen LogP contribution in [0.15, 0.2) is 47.6 Å². The van der Waals surface area contributed by atoms with Crippen molar-refractivity contribution in [3.05, 3.63) is 65.0 Å². The highest BCUT2D eigenvalue weighted by molar-refractivity contribution is 7.99. The molecule has 0 bridgehead atoms. The van der Waals surface area contributed by atoms with Crippen molar-refractivity contribution in [3.8, 4) is 5.75 Å². The Morgan fingerprint density at radius 2 is 1.86 bits per heavy atom. The molecule has 1 N–H and O–H groups in total. The molecule has 0 spiro atoms. The fraction of sp³-hybridized carbons (Fsp3) is 0.318. The number of aryl methyl sites for hydroxylation is 2. The molecule has 0 aliphatic rings. The Hall–Kier alpha value is -2.80. The number of nitrogens with one attached hydrogen (secondary N) is 1. The molecule has 1 aromatic heterocycles. The lowest BCUT2D eigenvalue weighted by Crippen LogP contribution is -2.16. The molecule has 6 nitrogen and oxygen atoms in total. The van der Waals surface area contributed by atoms with Crippen molar-refractivity contribution < 1.29 is 9.53 Å². The van der Waals surface area contributed by atoms with Gasteiger partial charge in [-0.3, -0.25) is 4.79 Å². The zero-order chi connectivity index (χ0) is 20.8. The molecule has 3 aromatic rings. The van der Waals surface area contributed by atoms with Crippen LogP contribution in [0.2, 0.25) is 0 Å². The van der Waals surface area contributed by atoms with E-state index < -0.39 is 0 Å². The minimum absolute atomic E-state index is 0.0631. The van der Waals surface area contributed by atoms with Crippen LogP contribution in [0.5, 0.6) is 5.75 Å². The summed E-state index contributed by atoms with van der Waals surface area (Å²) in [5.74, 6) is 1.74. The SMILES string of the molecule is CCn1c(COc2ccc(C)cc2)nnc1SCC(=O)Nc1cccc(C)c1C. The van der Waals surface area contributed by atoms with Crippen molar-refractivity contribution in [2.45, 2.75) is 46.0 Å². The van der Waals surface area contributed by atoms with Gasteiger partial charge in [-0.05, 0) is 57.0 Å². The normalized spacial score (nSPS) is 10.8. The number of thioether (sulfide) groups is 1. The molecule has 7 heteroatoms. The van der Waals surface area contributed by atoms with E-state index in [9.17, 15) is 4.79 Å². The predicted octanol–water partition coefficient (Wildman–Crippen LogP) is 4.53. The van der Waals surface area contributed by atoms with Crippen molar-refractivity contribution in [1.29, 1.82) is 0 Å². The maximum absolute atomic E-state index is 12.4. The summed E-state index contributed by atoms with van der Waals surface area (Å²) < 4.78 is 7.80. The Bertz CT molecular complexity index is 983. The molecule has 0 saturated carbocycles. The van der Waals surface area contributed by atoms with Crippen LogP contribution in [-0.2, 0) is 17.9 Å². The molecule has 0 fully saturated rings. The van der Waals surface area contributed by atoms with Crippen molar-refractivity contribution in [2.75, 3.05) is 11.1 Å². The molecule has 152 valence electrons. The van der Waals surface area contributed by atoms with Crippen LogP contribution >= 0.6 is 11.8 Å². The van der Waals surface area contributed by atoms with E-state index in [2.05, 4.69) is 15.5 Å². The Kier molecular flexibility index (Phi) is 6.93. The quantitative estimate of drug-likeness (QED) is 0.553. The number of aromatic nitrogens is 3. The van der Waals surface area contributed by atoms with E-state index in [0.29, 0.717) is 18.3 Å². The Morgan fingerprint density at radius 1 is 1.10 bits per heavy atom. The summed E-state index contributed by atoms with van der Waals surface area (Å²) in [6.07, 6.45) is 0. The second kappa shape index (κ2) is 9.60. The summed E-state index contributed by atoms with van der Waals surface area (Å²) in [5.41, 5.74) is 4.27. The van der Waals surface area contributed by atoms with Crippen molar-refractivity contribution in [3.63, 3.8) is 0 Å². The lowest BCUT2D eigenvalue weighted by molar-refractivity contribution is -0.113. The maximum atomic E-state index is 12.4. The number of carbonyl (C=O) groups excluding carboxylic acids is 1. The molecule has 2 aromatic carbocycles. The average molecular weight is 411 g/mol. The van der Waals surface area contributed by atoms with Gasteiger partial charge in [0.05, 0.1) is 5.75 Å². The topological polar surface area (TPSA) is 69.0 Å². The smallest absolute Gasteiger partial charge is 0.234 e. The first-order valence-corrected chi connectivity index (χ1v) is 10.6. The third-order valence-corrected chi connectivity index (χ3v) is 5.68. The first-order chi connectivity index (χ1) is 14.0. The number of amides is 1. The van der Waals surface area contributed by atoms with Gasteiger partial charge in [-0.25, -0.2) is 0 Å². The van der Waals surface area contributed by atoms with Gasteiger partial charge >= 0.3 is 0 Å². The number of carbonyl (C=O) groups is 1. The largest absolute Gasteiger partial charge is 0.486 e. The van der Waals surface area contributed by atoms with Crippen LogP contribution in [0.4, 0.5) is 5.69 Å². The monoisotopic (exact) mass is 410 g/mol. The number of ether oxygens (including phenoxy) is 1. The van der Waals surface area contributed by atoms with E-state index in [1.165, 1.54) is 17.3 Å². The number of hydrogen-bond donors (Lipinski definition) is 1. The van der Waals surface area contributed by atoms with Crippen molar-refractivity contribution >= 4 is 23.4 Å². The zero-order valence-electron chi connectivity index (χ0n) is 17.2. The molecule has 1 amide bonds. The van der Waals surface area contributed by atoms with E-state index >= 15 is 0 Å². The second-order valence-corrected chi connectivity index (χ2v) is 7.77. The molecule has 1 heterocycles. The van der Waals surface area contributed by atoms with Gasteiger partial charge in [0.2, 0.25) is 5.91 Å². The van der Waals surface area contributed by atoms with E-state index in [0.717, 1.165) is 28.4 Å². The second-order valence-electron chi connectivity index (χ2n) is 6.83. The summed E-state index contributed by atoms with van der Waals surface area (Å²) in [5, 5.41) is 12.2. The van der Waals surface area contributed by atoms with E-state index in [4.69, 9.17) is 4.74 Å². The molecular formula is C22H26N4O2S. The molecular weight excluding hydrogens is 384 g/mol. The molecule has 29 heavy (non-hydrogen) atoms. The van der Waals surface area contributed by atoms with Gasteiger partial charge in [-0.1, -0.05) is 41.6 Å². The van der Waals surface area contributed by atoms with Crippen LogP contribution in [0.3, 0.4) is 0 Å². The standard InChI is InChI=1S/C22H26N4O2S/c1-5-26-20(13-28-18-11-9-15(2)10-12-18)24-25-22(26)29-14-21(27)23-19-8-6-7-16(3)17(19)4/h6-12H,5,13-14H2,1-4H3,(H,23,27). The van der Waals surface area contributed by atoms with Gasteiger partial charge in [-0.15, -0.1) is 10.2 Å². The fourth-order valence-corrected chi connectivity index (χ4v) is 3.66. The highest BCUT2D eigenvalue weighted by Gasteiger charge is 2.14. The maximum Gasteiger partial charge on any atom is 0.234 e. The van der Waals surface area contributed by atoms with Gasteiger partial charge in [-0.2, -0.15) is 0 Å². The minimum atomic E-state index is -0.0631. The first-order valence-electron chi connectivity index (χ1n) is 9.58. The van der Waals surface area contributed by atoms with Crippen LogP contribution in [0.25, 0.3) is 0 Å². The summed E-state index contributed by atoms with van der Waals surface area (Å²) in [4.78, 5) is 12.4. The first kappa shape index (κ1) is 20.9. The number of rotatable bonds is 8. The number of anilines is 1. The van der Waals surface area contributed by atoms with E-state index in [1.807, 2.05) is 74.7 Å². The number of nitrogens with zero attached hydrogens (tertiary/aromatic N) is 3. The van der Waals surface area contributed by atoms with E-state index in [1.54, 1.807) is 0 Å². The molecule has 0 unspecified atom stereocenters. The summed E-state index contributed by atoms with van der Waals surface area (Å²) in [6.45, 7) is 9.14. The van der Waals surface area contributed by atoms with E-state index in [-0.39, 0.29) is 11.7 Å². The van der Waals surface area contributed by atoms with Gasteiger partial charge in [0, 0.05) is 12.2 Å². The fourth-order valence-electron chi connectivity index (χ4n) is 2.84. The molecule has 0 aliphatic heterocycles. The highest BCUT2D eigenvalue weighted by atomic mass is 32.2. The zero-order valence-corrected chi connectivity index (χ0v) is 18.0. The Balaban J connectivity index is 1.58. The predicted molar refractivity (Wildman–Crippen MR) is 116 cm³/mol. The third-order valence-electron chi connectivity index (χ3n) is 4.71. The summed E-state index contributed by atoms with van der Waals surface area (Å²) in [6, 6.07) is 13.8. The van der Waals surface area contributed by atoms with Gasteiger partial charge in [0.1, 0.15) is 12.4 Å². The van der Waals surface area contributed by atoms with Crippen LogP contribution in [0.1, 0.15) is 29.4 Å². The third kappa shape index (κ3) is 5.38. The molecule has 0 saturated heterocycles. The minimum Gasteiger partial charge on any atom is -0.486 e. The Labute approximate surface area is 175 Å². The van der Waals surface area contributed by atoms with Crippen molar-refractivity contribution in [1.82, 2.24) is 14.8 Å². The van der Waals surface area contributed by atoms with Crippen LogP contribution < -0.4 is 10.1 Å². The molecule has 0 aliphatic carbocycles. The number of benzene rings is 2. The number of hydrogen-bond acceptors (Lipinski definition) is 5. The molecule has 0 radical (unpaired) electrons. The summed E-state index contributed by atoms with van der Waals surface area (Å²) in [7, 11) is 0. The van der Waals surface area contributed by atoms with Crippen molar-refractivity contribution in [2.24, 2.45) is 0 Å². The average Bonchev–Trinajstić information content (AvgIpc) is 3.11. The van der Waals surface area contributed by atoms with Crippen LogP contribution in [0, 0.1) is 20.8 Å². The summed E-state index contributed by atoms with van der Waals surface area (Å²) >= 11 is 1.38. The van der Waals surface area contributed by atoms with Gasteiger partial charge in [0.15, 0.2) is 11.0 Å². The lowest BCUT2D eigenvalue weighted by Gasteiger charge is -2.11. The van der Waals surface area contributed by atoms with Gasteiger partial charge in [0.25, 0.3) is 0 Å². The molecule has 0 atom stereocenters. The van der Waals surface area contributed by atoms with Crippen LogP contribution in [-0.4, -0.2) is 26.4 Å².